The fourth-order valence-corrected chi connectivity index (χ4v) is 3.14. The Kier molecular flexibility index (Phi) is 13.6. The summed E-state index contributed by atoms with van der Waals surface area (Å²) in [6.45, 7) is 9.02. The number of nitrogens with two attached hydrogens (primary N) is 1. The van der Waals surface area contributed by atoms with Gasteiger partial charge >= 0.3 is 23.9 Å². The third-order valence-electron chi connectivity index (χ3n) is 5.02. The van der Waals surface area contributed by atoms with Crippen LogP contribution in [0.1, 0.15) is 78.7 Å². The first-order valence-corrected chi connectivity index (χ1v) is 12.3. The molecule has 0 spiro atoms. The summed E-state index contributed by atoms with van der Waals surface area (Å²) in [4.78, 5) is 48.3. The Hall–Kier alpha value is -2.94. The molecule has 1 aromatic carbocycles. The van der Waals surface area contributed by atoms with E-state index in [4.69, 9.17) is 24.7 Å². The molecular formula is C26H39NO8. The van der Waals surface area contributed by atoms with Crippen molar-refractivity contribution in [2.45, 2.75) is 91.7 Å². The SMILES string of the molecule is CCCC(=O)Oc1ccc(C[C@H](N)C(=O)OC[C@H](C)OC(=O)C(C)CCC)cc1OC(=O)CCC. The molecule has 3 atom stereocenters. The van der Waals surface area contributed by atoms with E-state index in [1.54, 1.807) is 19.9 Å². The van der Waals surface area contributed by atoms with Gasteiger partial charge in [0, 0.05) is 12.8 Å². The van der Waals surface area contributed by atoms with Crippen LogP contribution < -0.4 is 15.2 Å². The Morgan fingerprint density at radius 3 is 2.03 bits per heavy atom. The molecule has 0 saturated heterocycles. The van der Waals surface area contributed by atoms with E-state index < -0.39 is 30.1 Å². The van der Waals surface area contributed by atoms with Gasteiger partial charge < -0.3 is 24.7 Å². The van der Waals surface area contributed by atoms with Crippen molar-refractivity contribution in [2.24, 2.45) is 11.7 Å². The molecule has 0 fully saturated rings. The first-order chi connectivity index (χ1) is 16.6. The van der Waals surface area contributed by atoms with Crippen LogP contribution in [-0.2, 0) is 35.1 Å². The molecule has 0 aliphatic heterocycles. The average Bonchev–Trinajstić information content (AvgIpc) is 2.79. The molecule has 9 heteroatoms. The van der Waals surface area contributed by atoms with Crippen molar-refractivity contribution in [1.29, 1.82) is 0 Å². The normalized spacial score (nSPS) is 13.3. The average molecular weight is 494 g/mol. The molecule has 0 heterocycles. The molecule has 1 unspecified atom stereocenters. The van der Waals surface area contributed by atoms with Gasteiger partial charge in [0.2, 0.25) is 0 Å². The lowest BCUT2D eigenvalue weighted by Gasteiger charge is -2.18. The fraction of sp³-hybridized carbons (Fsp3) is 0.615. The number of carbonyl (C=O) groups excluding carboxylic acids is 4. The van der Waals surface area contributed by atoms with Gasteiger partial charge in [-0.25, -0.2) is 0 Å². The molecule has 0 aliphatic rings. The van der Waals surface area contributed by atoms with Gasteiger partial charge in [0.15, 0.2) is 11.5 Å². The van der Waals surface area contributed by atoms with Crippen LogP contribution in [0.25, 0.3) is 0 Å². The summed E-state index contributed by atoms with van der Waals surface area (Å²) in [6.07, 6.45) is 2.75. The second-order valence-corrected chi connectivity index (χ2v) is 8.61. The van der Waals surface area contributed by atoms with E-state index in [0.29, 0.717) is 18.4 Å². The maximum Gasteiger partial charge on any atom is 0.323 e. The second kappa shape index (κ2) is 15.9. The molecule has 0 bridgehead atoms. The summed E-state index contributed by atoms with van der Waals surface area (Å²) >= 11 is 0. The Morgan fingerprint density at radius 1 is 0.857 bits per heavy atom. The van der Waals surface area contributed by atoms with Gasteiger partial charge in [-0.15, -0.1) is 0 Å². The standard InChI is InChI=1S/C26H39NO8/c1-6-9-17(4)25(30)33-18(5)16-32-26(31)20(27)14-19-12-13-21(34-23(28)10-7-2)22(15-19)35-24(29)11-8-3/h12-13,15,17-18,20H,6-11,14,16,27H2,1-5H3/t17?,18-,20-/m0/s1. The topological polar surface area (TPSA) is 131 Å². The molecule has 9 nitrogen and oxygen atoms in total. The Bertz CT molecular complexity index is 854. The molecule has 1 aromatic rings. The molecule has 35 heavy (non-hydrogen) atoms. The van der Waals surface area contributed by atoms with Crippen molar-refractivity contribution < 1.29 is 38.1 Å². The summed E-state index contributed by atoms with van der Waals surface area (Å²) in [5.74, 6) is -1.88. The maximum absolute atomic E-state index is 12.4. The van der Waals surface area contributed by atoms with Gasteiger partial charge in [-0.3, -0.25) is 19.2 Å². The third-order valence-corrected chi connectivity index (χ3v) is 5.02. The zero-order valence-corrected chi connectivity index (χ0v) is 21.5. The lowest BCUT2D eigenvalue weighted by Crippen LogP contribution is -2.36. The van der Waals surface area contributed by atoms with Crippen molar-refractivity contribution in [2.75, 3.05) is 6.61 Å². The molecule has 0 aliphatic carbocycles. The third kappa shape index (κ3) is 11.4. The summed E-state index contributed by atoms with van der Waals surface area (Å²) in [7, 11) is 0. The lowest BCUT2D eigenvalue weighted by atomic mass is 10.1. The van der Waals surface area contributed by atoms with E-state index in [-0.39, 0.29) is 49.3 Å². The van der Waals surface area contributed by atoms with Gasteiger partial charge in [0.05, 0.1) is 5.92 Å². The zero-order chi connectivity index (χ0) is 26.4. The number of hydrogen-bond donors (Lipinski definition) is 1. The highest BCUT2D eigenvalue weighted by Crippen LogP contribution is 2.30. The largest absolute Gasteiger partial charge is 0.461 e. The minimum atomic E-state index is -0.996. The smallest absolute Gasteiger partial charge is 0.323 e. The molecule has 1 rings (SSSR count). The molecule has 0 aromatic heterocycles. The molecule has 0 amide bonds. The van der Waals surface area contributed by atoms with Crippen LogP contribution in [0.5, 0.6) is 11.5 Å². The minimum absolute atomic E-state index is 0.0905. The Balaban J connectivity index is 2.77. The highest BCUT2D eigenvalue weighted by Gasteiger charge is 2.22. The van der Waals surface area contributed by atoms with Crippen molar-refractivity contribution in [3.05, 3.63) is 23.8 Å². The number of carbonyl (C=O) groups is 4. The highest BCUT2D eigenvalue weighted by molar-refractivity contribution is 5.77. The number of ether oxygens (including phenoxy) is 4. The molecule has 2 N–H and O–H groups in total. The van der Waals surface area contributed by atoms with E-state index in [2.05, 4.69) is 0 Å². The van der Waals surface area contributed by atoms with Crippen molar-refractivity contribution in [3.63, 3.8) is 0 Å². The number of benzene rings is 1. The molecule has 0 radical (unpaired) electrons. The van der Waals surface area contributed by atoms with Gasteiger partial charge in [0.1, 0.15) is 18.8 Å². The number of esters is 4. The monoisotopic (exact) mass is 493 g/mol. The van der Waals surface area contributed by atoms with Crippen LogP contribution in [0, 0.1) is 5.92 Å². The van der Waals surface area contributed by atoms with Gasteiger partial charge in [-0.2, -0.15) is 0 Å². The van der Waals surface area contributed by atoms with Crippen molar-refractivity contribution >= 4 is 23.9 Å². The van der Waals surface area contributed by atoms with E-state index in [1.807, 2.05) is 20.8 Å². The van der Waals surface area contributed by atoms with E-state index in [1.165, 1.54) is 12.1 Å². The molecular weight excluding hydrogens is 454 g/mol. The van der Waals surface area contributed by atoms with Crippen LogP contribution in [0.4, 0.5) is 0 Å². The summed E-state index contributed by atoms with van der Waals surface area (Å²) in [5.41, 5.74) is 6.60. The lowest BCUT2D eigenvalue weighted by molar-refractivity contribution is -0.161. The van der Waals surface area contributed by atoms with Crippen molar-refractivity contribution in [3.8, 4) is 11.5 Å². The first kappa shape index (κ1) is 30.1. The second-order valence-electron chi connectivity index (χ2n) is 8.61. The van der Waals surface area contributed by atoms with Gasteiger partial charge in [-0.1, -0.05) is 40.2 Å². The summed E-state index contributed by atoms with van der Waals surface area (Å²) in [6, 6.07) is 3.67. The molecule has 196 valence electrons. The van der Waals surface area contributed by atoms with Crippen LogP contribution in [0.2, 0.25) is 0 Å². The van der Waals surface area contributed by atoms with Gasteiger partial charge in [0.25, 0.3) is 0 Å². The predicted octanol–water partition coefficient (Wildman–Crippen LogP) is 3.88. The van der Waals surface area contributed by atoms with Crippen LogP contribution >= 0.6 is 0 Å². The summed E-state index contributed by atoms with van der Waals surface area (Å²) < 4.78 is 21.2. The van der Waals surface area contributed by atoms with Gasteiger partial charge in [-0.05, 0) is 50.3 Å². The predicted molar refractivity (Wildman–Crippen MR) is 130 cm³/mol. The Labute approximate surface area is 207 Å². The van der Waals surface area contributed by atoms with E-state index in [9.17, 15) is 19.2 Å². The first-order valence-electron chi connectivity index (χ1n) is 12.3. The molecule has 0 saturated carbocycles. The minimum Gasteiger partial charge on any atom is -0.461 e. The van der Waals surface area contributed by atoms with Crippen LogP contribution in [-0.4, -0.2) is 42.6 Å². The maximum atomic E-state index is 12.4. The van der Waals surface area contributed by atoms with Crippen LogP contribution in [0.15, 0.2) is 18.2 Å². The summed E-state index contributed by atoms with van der Waals surface area (Å²) in [5, 5.41) is 0. The quantitative estimate of drug-likeness (QED) is 0.285. The zero-order valence-electron chi connectivity index (χ0n) is 21.5. The van der Waals surface area contributed by atoms with E-state index in [0.717, 1.165) is 12.8 Å². The number of rotatable bonds is 15. The Morgan fingerprint density at radius 2 is 1.46 bits per heavy atom. The van der Waals surface area contributed by atoms with Crippen molar-refractivity contribution in [1.82, 2.24) is 0 Å². The van der Waals surface area contributed by atoms with Crippen LogP contribution in [0.3, 0.4) is 0 Å². The van der Waals surface area contributed by atoms with E-state index >= 15 is 0 Å². The fourth-order valence-electron chi connectivity index (χ4n) is 3.14. The number of hydrogen-bond acceptors (Lipinski definition) is 9. The highest BCUT2D eigenvalue weighted by atomic mass is 16.6.